The lowest BCUT2D eigenvalue weighted by atomic mass is 9.94. The second kappa shape index (κ2) is 15.9. The molecular formula is C38H42FN3O5S. The van der Waals surface area contributed by atoms with Gasteiger partial charge in [0, 0.05) is 19.0 Å². The van der Waals surface area contributed by atoms with Crippen molar-refractivity contribution in [1.29, 1.82) is 0 Å². The fourth-order valence-electron chi connectivity index (χ4n) is 6.00. The van der Waals surface area contributed by atoms with Crippen LogP contribution in [-0.2, 0) is 32.6 Å². The molecule has 8 nitrogen and oxygen atoms in total. The molecule has 1 atom stereocenters. The van der Waals surface area contributed by atoms with Crippen LogP contribution in [0.25, 0.3) is 0 Å². The van der Waals surface area contributed by atoms with Crippen LogP contribution in [0, 0.1) is 12.7 Å². The van der Waals surface area contributed by atoms with Gasteiger partial charge in [-0.25, -0.2) is 12.8 Å². The van der Waals surface area contributed by atoms with Crippen LogP contribution in [0.3, 0.4) is 0 Å². The van der Waals surface area contributed by atoms with E-state index in [1.54, 1.807) is 48.5 Å². The molecule has 1 N–H and O–H groups in total. The van der Waals surface area contributed by atoms with E-state index in [0.717, 1.165) is 47.5 Å². The molecule has 48 heavy (non-hydrogen) atoms. The Morgan fingerprint density at radius 3 is 2.12 bits per heavy atom. The van der Waals surface area contributed by atoms with E-state index in [0.29, 0.717) is 11.3 Å². The van der Waals surface area contributed by atoms with Crippen LogP contribution in [0.2, 0.25) is 0 Å². The van der Waals surface area contributed by atoms with Crippen LogP contribution in [0.4, 0.5) is 10.1 Å². The standard InChI is InChI=1S/C38H42FN3O5S/c1-28-13-23-35(24-14-28)48(45,46)42(33-19-21-34(47-2)22-20-33)27-37(43)41(26-30-15-17-31(39)18-16-30)36(25-29-9-5-3-6-10-29)38(44)40-32-11-7-4-8-12-32/h3,5-6,9-10,13-24,32,36H,4,7-8,11-12,25-27H2,1-2H3,(H,40,44). The van der Waals surface area contributed by atoms with Gasteiger partial charge in [0.05, 0.1) is 17.7 Å². The topological polar surface area (TPSA) is 96.0 Å². The SMILES string of the molecule is COc1ccc(N(CC(=O)N(Cc2ccc(F)cc2)C(Cc2ccccc2)C(=O)NC2CCCCC2)S(=O)(=O)c2ccc(C)cc2)cc1. The molecule has 0 aliphatic heterocycles. The highest BCUT2D eigenvalue weighted by Crippen LogP contribution is 2.27. The number of hydrogen-bond acceptors (Lipinski definition) is 5. The van der Waals surface area contributed by atoms with Crippen molar-refractivity contribution in [3.63, 3.8) is 0 Å². The number of amides is 2. The van der Waals surface area contributed by atoms with Crippen molar-refractivity contribution in [1.82, 2.24) is 10.2 Å². The van der Waals surface area contributed by atoms with Crippen LogP contribution in [0.15, 0.2) is 108 Å². The van der Waals surface area contributed by atoms with Crippen LogP contribution < -0.4 is 14.4 Å². The summed E-state index contributed by atoms with van der Waals surface area (Å²) in [6.45, 7) is 1.25. The van der Waals surface area contributed by atoms with Crippen molar-refractivity contribution in [3.8, 4) is 5.75 Å². The third kappa shape index (κ3) is 8.80. The van der Waals surface area contributed by atoms with Gasteiger partial charge in [0.2, 0.25) is 11.8 Å². The molecule has 5 rings (SSSR count). The molecule has 0 heterocycles. The number of halogens is 1. The van der Waals surface area contributed by atoms with E-state index in [2.05, 4.69) is 5.32 Å². The van der Waals surface area contributed by atoms with Crippen LogP contribution in [-0.4, -0.2) is 50.9 Å². The Labute approximate surface area is 282 Å². The summed E-state index contributed by atoms with van der Waals surface area (Å²) in [5, 5.41) is 3.19. The van der Waals surface area contributed by atoms with E-state index in [4.69, 9.17) is 4.74 Å². The summed E-state index contributed by atoms with van der Waals surface area (Å²) >= 11 is 0. The molecule has 1 fully saturated rings. The highest BCUT2D eigenvalue weighted by molar-refractivity contribution is 7.92. The second-order valence-corrected chi connectivity index (χ2v) is 14.1. The zero-order chi connectivity index (χ0) is 34.1. The summed E-state index contributed by atoms with van der Waals surface area (Å²) in [7, 11) is -2.72. The Balaban J connectivity index is 1.56. The normalized spacial score (nSPS) is 14.1. The van der Waals surface area contributed by atoms with Gasteiger partial charge < -0.3 is 15.0 Å². The molecule has 1 unspecified atom stereocenters. The second-order valence-electron chi connectivity index (χ2n) is 12.2. The molecule has 0 bridgehead atoms. The third-order valence-electron chi connectivity index (χ3n) is 8.74. The van der Waals surface area contributed by atoms with E-state index in [1.165, 1.54) is 36.3 Å². The van der Waals surface area contributed by atoms with Crippen LogP contribution in [0.5, 0.6) is 5.75 Å². The van der Waals surface area contributed by atoms with Crippen molar-refractivity contribution in [2.75, 3.05) is 18.0 Å². The lowest BCUT2D eigenvalue weighted by molar-refractivity contribution is -0.140. The predicted octanol–water partition coefficient (Wildman–Crippen LogP) is 6.43. The van der Waals surface area contributed by atoms with Gasteiger partial charge in [0.25, 0.3) is 10.0 Å². The lowest BCUT2D eigenvalue weighted by Gasteiger charge is -2.35. The molecule has 10 heteroatoms. The molecule has 1 aliphatic rings. The first-order valence-corrected chi connectivity index (χ1v) is 17.7. The summed E-state index contributed by atoms with van der Waals surface area (Å²) in [5.41, 5.74) is 2.60. The molecular weight excluding hydrogens is 629 g/mol. The van der Waals surface area contributed by atoms with Crippen molar-refractivity contribution in [3.05, 3.63) is 126 Å². The van der Waals surface area contributed by atoms with Gasteiger partial charge in [-0.15, -0.1) is 0 Å². The molecule has 1 aliphatic carbocycles. The molecule has 0 aromatic heterocycles. The molecule has 2 amide bonds. The minimum Gasteiger partial charge on any atom is -0.497 e. The largest absolute Gasteiger partial charge is 0.497 e. The number of rotatable bonds is 13. The summed E-state index contributed by atoms with van der Waals surface area (Å²) in [6.07, 6.45) is 5.07. The average Bonchev–Trinajstić information content (AvgIpc) is 3.10. The highest BCUT2D eigenvalue weighted by atomic mass is 32.2. The monoisotopic (exact) mass is 671 g/mol. The third-order valence-corrected chi connectivity index (χ3v) is 10.5. The minimum atomic E-state index is -4.23. The smallest absolute Gasteiger partial charge is 0.264 e. The molecule has 0 radical (unpaired) electrons. The number of carbonyl (C=O) groups excluding carboxylic acids is 2. The molecule has 0 spiro atoms. The van der Waals surface area contributed by atoms with Gasteiger partial charge in [0.1, 0.15) is 24.2 Å². The Morgan fingerprint density at radius 1 is 0.854 bits per heavy atom. The number of carbonyl (C=O) groups is 2. The van der Waals surface area contributed by atoms with Crippen LogP contribution >= 0.6 is 0 Å². The Morgan fingerprint density at radius 2 is 1.50 bits per heavy atom. The fraction of sp³-hybridized carbons (Fsp3) is 0.316. The fourth-order valence-corrected chi connectivity index (χ4v) is 7.41. The quantitative estimate of drug-likeness (QED) is 0.177. The van der Waals surface area contributed by atoms with E-state index in [1.807, 2.05) is 37.3 Å². The molecule has 252 valence electrons. The maximum atomic E-state index is 14.6. The minimum absolute atomic E-state index is 0.00925. The highest BCUT2D eigenvalue weighted by Gasteiger charge is 2.35. The number of aryl methyl sites for hydroxylation is 1. The Hall–Kier alpha value is -4.70. The van der Waals surface area contributed by atoms with Crippen molar-refractivity contribution in [2.45, 2.75) is 69.0 Å². The number of sulfonamides is 1. The number of nitrogens with one attached hydrogen (secondary N) is 1. The van der Waals surface area contributed by atoms with E-state index < -0.39 is 34.3 Å². The van der Waals surface area contributed by atoms with Crippen molar-refractivity contribution < 1.29 is 27.1 Å². The number of ether oxygens (including phenoxy) is 1. The maximum Gasteiger partial charge on any atom is 0.264 e. The van der Waals surface area contributed by atoms with Gasteiger partial charge in [-0.1, -0.05) is 79.4 Å². The summed E-state index contributed by atoms with van der Waals surface area (Å²) < 4.78 is 48.7. The zero-order valence-electron chi connectivity index (χ0n) is 27.3. The molecule has 4 aromatic rings. The first-order chi connectivity index (χ1) is 23.1. The Kier molecular flexibility index (Phi) is 11.5. The zero-order valence-corrected chi connectivity index (χ0v) is 28.2. The van der Waals surface area contributed by atoms with Crippen molar-refractivity contribution >= 4 is 27.5 Å². The molecule has 4 aromatic carbocycles. The van der Waals surface area contributed by atoms with Gasteiger partial charge in [-0.3, -0.25) is 13.9 Å². The van der Waals surface area contributed by atoms with Gasteiger partial charge in [0.15, 0.2) is 0 Å². The van der Waals surface area contributed by atoms with Crippen LogP contribution in [0.1, 0.15) is 48.8 Å². The average molecular weight is 672 g/mol. The van der Waals surface area contributed by atoms with Crippen molar-refractivity contribution in [2.24, 2.45) is 0 Å². The number of benzene rings is 4. The number of anilines is 1. The van der Waals surface area contributed by atoms with Gasteiger partial charge in [-0.05, 0) is 79.4 Å². The lowest BCUT2D eigenvalue weighted by Crippen LogP contribution is -2.55. The maximum absolute atomic E-state index is 14.6. The number of nitrogens with zero attached hydrogens (tertiary/aromatic N) is 2. The predicted molar refractivity (Wildman–Crippen MR) is 185 cm³/mol. The summed E-state index contributed by atoms with van der Waals surface area (Å²) in [4.78, 5) is 30.3. The Bertz CT molecular complexity index is 1760. The molecule has 1 saturated carbocycles. The number of methoxy groups -OCH3 is 1. The van der Waals surface area contributed by atoms with E-state index in [9.17, 15) is 22.4 Å². The van der Waals surface area contributed by atoms with Gasteiger partial charge in [-0.2, -0.15) is 0 Å². The first kappa shape index (κ1) is 34.6. The van der Waals surface area contributed by atoms with E-state index >= 15 is 0 Å². The summed E-state index contributed by atoms with van der Waals surface area (Å²) in [6, 6.07) is 27.0. The van der Waals surface area contributed by atoms with Gasteiger partial charge >= 0.3 is 0 Å². The van der Waals surface area contributed by atoms with E-state index in [-0.39, 0.29) is 35.5 Å². The molecule has 0 saturated heterocycles. The number of hydrogen-bond donors (Lipinski definition) is 1. The summed E-state index contributed by atoms with van der Waals surface area (Å²) in [5.74, 6) is -0.787. The first-order valence-electron chi connectivity index (χ1n) is 16.3.